The Morgan fingerprint density at radius 3 is 2.43 bits per heavy atom. The lowest BCUT2D eigenvalue weighted by atomic mass is 10.1. The fourth-order valence-corrected chi connectivity index (χ4v) is 3.87. The van der Waals surface area contributed by atoms with Crippen molar-refractivity contribution in [2.45, 2.75) is 52.4 Å². The molecule has 0 atom stereocenters. The van der Waals surface area contributed by atoms with Crippen LogP contribution in [0.2, 0.25) is 0 Å². The van der Waals surface area contributed by atoms with Gasteiger partial charge in [-0.05, 0) is 43.2 Å². The maximum atomic E-state index is 13.1. The Bertz CT molecular complexity index is 1190. The quantitative estimate of drug-likeness (QED) is 0.126. The minimum atomic E-state index is -0.985. The van der Waals surface area contributed by atoms with Gasteiger partial charge in [-0.2, -0.15) is 0 Å². The normalized spacial score (nSPS) is 14.6. The topological polar surface area (TPSA) is 128 Å². The van der Waals surface area contributed by atoms with Crippen LogP contribution in [0, 0.1) is 10.1 Å². The van der Waals surface area contributed by atoms with E-state index in [-0.39, 0.29) is 16.9 Å². The zero-order valence-electron chi connectivity index (χ0n) is 21.0. The first kappa shape index (κ1) is 27.4. The largest absolute Gasteiger partial charge is 0.490 e. The van der Waals surface area contributed by atoms with Gasteiger partial charge < -0.3 is 9.47 Å². The second-order valence-electron chi connectivity index (χ2n) is 8.49. The third-order valence-electron chi connectivity index (χ3n) is 5.73. The van der Waals surface area contributed by atoms with Gasteiger partial charge in [0.2, 0.25) is 0 Å². The maximum Gasteiger partial charge on any atom is 0.335 e. The van der Waals surface area contributed by atoms with Crippen molar-refractivity contribution in [3.8, 4) is 11.5 Å². The number of rotatable bonds is 13. The summed E-state index contributed by atoms with van der Waals surface area (Å²) in [5, 5.41) is 13.2. The van der Waals surface area contributed by atoms with Crippen molar-refractivity contribution in [3.63, 3.8) is 0 Å². The van der Waals surface area contributed by atoms with Gasteiger partial charge >= 0.3 is 6.03 Å². The van der Waals surface area contributed by atoms with E-state index in [1.807, 2.05) is 6.92 Å². The summed E-state index contributed by atoms with van der Waals surface area (Å²) in [6.07, 6.45) is 8.20. The number of barbiturate groups is 1. The van der Waals surface area contributed by atoms with E-state index in [0.717, 1.165) is 18.9 Å². The van der Waals surface area contributed by atoms with E-state index >= 15 is 0 Å². The van der Waals surface area contributed by atoms with Crippen LogP contribution in [0.4, 0.5) is 16.2 Å². The van der Waals surface area contributed by atoms with Crippen LogP contribution in [0.5, 0.6) is 11.5 Å². The molecule has 1 aliphatic rings. The Morgan fingerprint density at radius 1 is 0.946 bits per heavy atom. The lowest BCUT2D eigenvalue weighted by Gasteiger charge is -2.26. The van der Waals surface area contributed by atoms with Gasteiger partial charge in [-0.3, -0.25) is 25.0 Å². The molecule has 1 N–H and O–H groups in total. The number of nitro groups is 1. The average molecular weight is 510 g/mol. The molecule has 37 heavy (non-hydrogen) atoms. The van der Waals surface area contributed by atoms with Crippen LogP contribution in [-0.2, 0) is 9.59 Å². The van der Waals surface area contributed by atoms with Crippen molar-refractivity contribution >= 4 is 35.3 Å². The number of nitrogens with one attached hydrogen (secondary N) is 1. The summed E-state index contributed by atoms with van der Waals surface area (Å²) in [6.45, 7) is 4.96. The summed E-state index contributed by atoms with van der Waals surface area (Å²) in [5.41, 5.74) is -0.126. The van der Waals surface area contributed by atoms with Crippen LogP contribution in [-0.4, -0.2) is 36.0 Å². The average Bonchev–Trinajstić information content (AvgIpc) is 2.87. The molecule has 1 aliphatic heterocycles. The predicted molar refractivity (Wildman–Crippen MR) is 139 cm³/mol. The van der Waals surface area contributed by atoms with Gasteiger partial charge in [0.25, 0.3) is 17.5 Å². The van der Waals surface area contributed by atoms with E-state index in [9.17, 15) is 24.5 Å². The lowest BCUT2D eigenvalue weighted by Crippen LogP contribution is -2.54. The van der Waals surface area contributed by atoms with Gasteiger partial charge in [-0.15, -0.1) is 0 Å². The summed E-state index contributed by atoms with van der Waals surface area (Å²) in [7, 11) is 0. The van der Waals surface area contributed by atoms with Crippen molar-refractivity contribution < 1.29 is 28.8 Å². The molecule has 10 nitrogen and oxygen atoms in total. The van der Waals surface area contributed by atoms with Gasteiger partial charge in [0, 0.05) is 12.1 Å². The van der Waals surface area contributed by atoms with Gasteiger partial charge in [0.1, 0.15) is 5.57 Å². The van der Waals surface area contributed by atoms with Crippen LogP contribution in [0.1, 0.15) is 57.9 Å². The lowest BCUT2D eigenvalue weighted by molar-refractivity contribution is -0.384. The number of carbonyl (C=O) groups is 3. The number of nitrogens with zero attached hydrogens (tertiary/aromatic N) is 2. The minimum absolute atomic E-state index is 0.0245. The predicted octanol–water partition coefficient (Wildman–Crippen LogP) is 5.40. The molecule has 3 rings (SSSR count). The molecule has 0 radical (unpaired) electrons. The van der Waals surface area contributed by atoms with Gasteiger partial charge in [0.15, 0.2) is 11.5 Å². The van der Waals surface area contributed by atoms with E-state index < -0.39 is 22.8 Å². The molecule has 0 unspecified atom stereocenters. The van der Waals surface area contributed by atoms with E-state index in [1.165, 1.54) is 50.0 Å². The van der Waals surface area contributed by atoms with Gasteiger partial charge in [-0.25, -0.2) is 9.69 Å². The molecule has 0 aromatic heterocycles. The SMILES string of the molecule is CCCCCCCCOc1ccc(/C=C2/C(=O)NC(=O)N(c3cccc([N+](=O)[O-])c3)C2=O)cc1OCC. The van der Waals surface area contributed by atoms with Crippen LogP contribution in [0.25, 0.3) is 6.08 Å². The zero-order valence-corrected chi connectivity index (χ0v) is 21.0. The number of amides is 4. The molecular weight excluding hydrogens is 478 g/mol. The smallest absolute Gasteiger partial charge is 0.335 e. The van der Waals surface area contributed by atoms with Gasteiger partial charge in [0.05, 0.1) is 23.8 Å². The van der Waals surface area contributed by atoms with Gasteiger partial charge in [-0.1, -0.05) is 51.2 Å². The molecular formula is C27H31N3O7. The molecule has 2 aromatic rings. The number of hydrogen-bond acceptors (Lipinski definition) is 7. The molecule has 10 heteroatoms. The minimum Gasteiger partial charge on any atom is -0.490 e. The molecule has 0 spiro atoms. The number of hydrogen-bond donors (Lipinski definition) is 1. The maximum absolute atomic E-state index is 13.1. The van der Waals surface area contributed by atoms with Crippen LogP contribution < -0.4 is 19.7 Å². The number of ether oxygens (including phenoxy) is 2. The Labute approximate surface area is 215 Å². The fraction of sp³-hybridized carbons (Fsp3) is 0.370. The molecule has 1 saturated heterocycles. The molecule has 2 aromatic carbocycles. The molecule has 4 amide bonds. The molecule has 1 heterocycles. The third kappa shape index (κ3) is 7.16. The van der Waals surface area contributed by atoms with Crippen LogP contribution in [0.15, 0.2) is 48.0 Å². The van der Waals surface area contributed by atoms with E-state index in [0.29, 0.717) is 35.2 Å². The Morgan fingerprint density at radius 2 is 1.70 bits per heavy atom. The number of non-ortho nitro benzene ring substituents is 1. The highest BCUT2D eigenvalue weighted by Gasteiger charge is 2.37. The first-order valence-corrected chi connectivity index (χ1v) is 12.4. The third-order valence-corrected chi connectivity index (χ3v) is 5.73. The summed E-state index contributed by atoms with van der Waals surface area (Å²) < 4.78 is 11.6. The molecule has 1 fully saturated rings. The van der Waals surface area contributed by atoms with Crippen molar-refractivity contribution in [2.75, 3.05) is 18.1 Å². The first-order valence-electron chi connectivity index (χ1n) is 12.4. The first-order chi connectivity index (χ1) is 17.8. The van der Waals surface area contributed by atoms with E-state index in [4.69, 9.17) is 9.47 Å². The highest BCUT2D eigenvalue weighted by molar-refractivity contribution is 6.39. The van der Waals surface area contributed by atoms with Crippen molar-refractivity contribution in [1.82, 2.24) is 5.32 Å². The molecule has 0 aliphatic carbocycles. The Kier molecular flexibility index (Phi) is 9.76. The molecule has 0 bridgehead atoms. The van der Waals surface area contributed by atoms with E-state index in [2.05, 4.69) is 12.2 Å². The van der Waals surface area contributed by atoms with Crippen molar-refractivity contribution in [1.29, 1.82) is 0 Å². The summed E-state index contributed by atoms with van der Waals surface area (Å²) >= 11 is 0. The number of imide groups is 2. The van der Waals surface area contributed by atoms with Crippen LogP contribution >= 0.6 is 0 Å². The van der Waals surface area contributed by atoms with Crippen molar-refractivity contribution in [3.05, 3.63) is 63.7 Å². The summed E-state index contributed by atoms with van der Waals surface area (Å²) in [4.78, 5) is 49.2. The number of urea groups is 1. The van der Waals surface area contributed by atoms with Crippen LogP contribution in [0.3, 0.4) is 0 Å². The number of nitro benzene ring substituents is 1. The second-order valence-corrected chi connectivity index (χ2v) is 8.49. The Hall–Kier alpha value is -4.21. The number of carbonyl (C=O) groups excluding carboxylic acids is 3. The molecule has 0 saturated carbocycles. The van der Waals surface area contributed by atoms with Crippen molar-refractivity contribution in [2.24, 2.45) is 0 Å². The fourth-order valence-electron chi connectivity index (χ4n) is 3.87. The highest BCUT2D eigenvalue weighted by atomic mass is 16.6. The summed E-state index contributed by atoms with van der Waals surface area (Å²) in [5.74, 6) is -0.725. The van der Waals surface area contributed by atoms with E-state index in [1.54, 1.807) is 18.2 Å². The Balaban J connectivity index is 1.79. The highest BCUT2D eigenvalue weighted by Crippen LogP contribution is 2.31. The number of unbranched alkanes of at least 4 members (excludes halogenated alkanes) is 5. The number of benzene rings is 2. The number of anilines is 1. The summed E-state index contributed by atoms with van der Waals surface area (Å²) in [6, 6.07) is 9.12. The monoisotopic (exact) mass is 509 g/mol. The second kappa shape index (κ2) is 13.2. The standard InChI is InChI=1S/C27H31N3O7/c1-3-5-6-7-8-9-15-37-23-14-13-19(17-24(23)36-4-2)16-22-25(31)28-27(33)29(26(22)32)20-11-10-12-21(18-20)30(34)35/h10-14,16-18H,3-9,15H2,1-2H3,(H,28,31,33)/b22-16-. The zero-order chi connectivity index (χ0) is 26.8. The molecule has 196 valence electrons.